The Balaban J connectivity index is 1.32. The van der Waals surface area contributed by atoms with Crippen molar-refractivity contribution in [1.82, 2.24) is 19.9 Å². The molecule has 0 aliphatic carbocycles. The summed E-state index contributed by atoms with van der Waals surface area (Å²) in [7, 11) is 0. The van der Waals surface area contributed by atoms with Crippen molar-refractivity contribution in [3.05, 3.63) is 58.5 Å². The lowest BCUT2D eigenvalue weighted by Gasteiger charge is -2.32. The van der Waals surface area contributed by atoms with Gasteiger partial charge in [-0.25, -0.2) is 18.2 Å². The van der Waals surface area contributed by atoms with Gasteiger partial charge in [-0.3, -0.25) is 9.80 Å². The number of pyridine rings is 1. The normalized spacial score (nSPS) is 19.3. The molecule has 56 heavy (non-hydrogen) atoms. The number of nitrogens with zero attached hydrogens (tertiary/aromatic N) is 7. The average Bonchev–Trinajstić information content (AvgIpc) is 3.88. The van der Waals surface area contributed by atoms with E-state index in [4.69, 9.17) is 15.2 Å². The molecule has 2 aromatic carbocycles. The maximum atomic E-state index is 17.5. The molecule has 0 saturated carbocycles. The minimum atomic E-state index is -5.38. The van der Waals surface area contributed by atoms with E-state index in [-0.39, 0.29) is 37.7 Å². The van der Waals surface area contributed by atoms with Crippen molar-refractivity contribution >= 4 is 49.0 Å². The van der Waals surface area contributed by atoms with Crippen LogP contribution in [0.25, 0.3) is 32.1 Å². The van der Waals surface area contributed by atoms with E-state index < -0.39 is 112 Å². The predicted octanol–water partition coefficient (Wildman–Crippen LogP) is 8.08. The highest BCUT2D eigenvalue weighted by molar-refractivity contribution is 7.23. The Morgan fingerprint density at radius 2 is 1.77 bits per heavy atom. The minimum absolute atomic E-state index is 0.0211. The van der Waals surface area contributed by atoms with Crippen molar-refractivity contribution in [3.8, 4) is 29.0 Å². The number of halogens is 9. The highest BCUT2D eigenvalue weighted by Crippen LogP contribution is 2.55. The Morgan fingerprint density at radius 3 is 2.46 bits per heavy atom. The van der Waals surface area contributed by atoms with Crippen molar-refractivity contribution in [3.63, 3.8) is 0 Å². The van der Waals surface area contributed by atoms with Crippen LogP contribution in [0.3, 0.4) is 0 Å². The third-order valence-corrected chi connectivity index (χ3v) is 12.2. The van der Waals surface area contributed by atoms with Gasteiger partial charge in [-0.15, -0.1) is 11.3 Å². The number of aromatic nitrogens is 3. The summed E-state index contributed by atoms with van der Waals surface area (Å²) in [6.45, 7) is -0.226. The third-order valence-electron chi connectivity index (χ3n) is 11.1. The molecular weight excluding hydrogens is 779 g/mol. The number of hydrogen-bond donors (Lipinski definition) is 1. The highest BCUT2D eigenvalue weighted by Gasteiger charge is 2.50. The molecule has 3 aromatic heterocycles. The second-order valence-corrected chi connectivity index (χ2v) is 15.2. The first-order valence-electron chi connectivity index (χ1n) is 17.4. The summed E-state index contributed by atoms with van der Waals surface area (Å²) in [6, 6.07) is 2.44. The van der Waals surface area contributed by atoms with E-state index in [0.717, 1.165) is 57.0 Å². The van der Waals surface area contributed by atoms with Gasteiger partial charge in [0.25, 0.3) is 0 Å². The largest absolute Gasteiger partial charge is 0.490 e. The summed E-state index contributed by atoms with van der Waals surface area (Å²) < 4.78 is 148. The fourth-order valence-corrected chi connectivity index (χ4v) is 9.74. The summed E-state index contributed by atoms with van der Waals surface area (Å²) in [5.74, 6) is -5.48. The summed E-state index contributed by atoms with van der Waals surface area (Å²) in [5, 5.41) is 8.72. The highest BCUT2D eigenvalue weighted by atomic mass is 32.1. The maximum Gasteiger partial charge on any atom is 0.486 e. The number of nitriles is 1. The Morgan fingerprint density at radius 1 is 1.02 bits per heavy atom. The van der Waals surface area contributed by atoms with E-state index in [0.29, 0.717) is 17.5 Å². The zero-order chi connectivity index (χ0) is 39.5. The van der Waals surface area contributed by atoms with Crippen molar-refractivity contribution in [2.45, 2.75) is 49.7 Å². The fourth-order valence-electron chi connectivity index (χ4n) is 8.79. The molecule has 10 nitrogen and oxygen atoms in total. The van der Waals surface area contributed by atoms with Crippen molar-refractivity contribution in [1.29, 1.82) is 5.26 Å². The molecule has 0 spiro atoms. The van der Waals surface area contributed by atoms with Crippen LogP contribution in [0, 0.1) is 28.8 Å². The predicted molar refractivity (Wildman–Crippen MR) is 186 cm³/mol. The van der Waals surface area contributed by atoms with Crippen LogP contribution in [0.4, 0.5) is 56.2 Å². The molecule has 9 rings (SSSR count). The minimum Gasteiger partial charge on any atom is -0.490 e. The van der Waals surface area contributed by atoms with Gasteiger partial charge in [-0.05, 0) is 56.5 Å². The SMILES string of the molecule is N#Cc1c(N)sc2c(F)ccc(-c3c(C(F)(F)F)c4c5c(nc(OCC67CCCN6CCC7)nc5c3F)N(C3CN(C(F)(F)F)c5ncc(F)cc53)CCO4)c12. The Bertz CT molecular complexity index is 2490. The maximum absolute atomic E-state index is 17.5. The lowest BCUT2D eigenvalue weighted by molar-refractivity contribution is -0.138. The lowest BCUT2D eigenvalue weighted by atomic mass is 9.91. The van der Waals surface area contributed by atoms with Gasteiger partial charge in [0.15, 0.2) is 5.82 Å². The van der Waals surface area contributed by atoms with E-state index >= 15 is 22.0 Å². The van der Waals surface area contributed by atoms with Crippen LogP contribution >= 0.6 is 11.3 Å². The molecule has 0 amide bonds. The van der Waals surface area contributed by atoms with E-state index in [2.05, 4.69) is 19.9 Å². The van der Waals surface area contributed by atoms with Gasteiger partial charge in [0.05, 0.1) is 46.5 Å². The molecule has 4 aliphatic rings. The van der Waals surface area contributed by atoms with Gasteiger partial charge < -0.3 is 20.1 Å². The van der Waals surface area contributed by atoms with Crippen LogP contribution in [-0.4, -0.2) is 71.1 Å². The first-order valence-corrected chi connectivity index (χ1v) is 18.3. The monoisotopic (exact) mass is 806 g/mol. The quantitative estimate of drug-likeness (QED) is 0.138. The van der Waals surface area contributed by atoms with Crippen LogP contribution in [0.5, 0.6) is 11.8 Å². The molecule has 2 N–H and O–H groups in total. The first-order chi connectivity index (χ1) is 26.6. The van der Waals surface area contributed by atoms with E-state index in [1.165, 1.54) is 4.90 Å². The van der Waals surface area contributed by atoms with Crippen LogP contribution in [0.15, 0.2) is 24.4 Å². The number of benzene rings is 2. The summed E-state index contributed by atoms with van der Waals surface area (Å²) in [6.07, 6.45) is -6.47. The smallest absolute Gasteiger partial charge is 0.486 e. The van der Waals surface area contributed by atoms with Crippen LogP contribution in [-0.2, 0) is 6.18 Å². The molecule has 1 unspecified atom stereocenters. The molecule has 20 heteroatoms. The number of fused-ring (bicyclic) bond motifs is 3. The molecule has 1 atom stereocenters. The number of alkyl halides is 6. The standard InChI is InChI=1S/C36H27F9N8O2S/c37-16-11-18-21(14-53(36(43,44)45)31(18)48-13-16)52-9-10-54-28-24-27(49-33(50-32(24)52)55-15-34-5-1-7-51(34)8-2-6-34)26(39)23(25(28)35(40,41)42)17-3-4-20(38)29-22(17)19(12-46)30(47)56-29/h3-4,11,13,21H,1-2,5-10,14-15,47H2. The zero-order valence-electron chi connectivity index (χ0n) is 28.8. The van der Waals surface area contributed by atoms with Gasteiger partial charge in [0.2, 0.25) is 0 Å². The number of thiophene rings is 1. The lowest BCUT2D eigenvalue weighted by Crippen LogP contribution is -2.43. The van der Waals surface area contributed by atoms with E-state index in [9.17, 15) is 22.8 Å². The second kappa shape index (κ2) is 12.6. The molecule has 0 radical (unpaired) electrons. The number of rotatable bonds is 5. The van der Waals surface area contributed by atoms with Crippen molar-refractivity contribution in [2.75, 3.05) is 54.9 Å². The fraction of sp³-hybridized carbons (Fsp3) is 0.389. The van der Waals surface area contributed by atoms with E-state index in [1.54, 1.807) is 6.07 Å². The van der Waals surface area contributed by atoms with Gasteiger partial charge in [0, 0.05) is 16.5 Å². The number of anilines is 3. The number of nitrogens with two attached hydrogens (primary N) is 1. The molecule has 292 valence electrons. The van der Waals surface area contributed by atoms with Gasteiger partial charge >= 0.3 is 18.5 Å². The molecule has 0 bridgehead atoms. The molecule has 5 aromatic rings. The summed E-state index contributed by atoms with van der Waals surface area (Å²) in [4.78, 5) is 15.9. The second-order valence-electron chi connectivity index (χ2n) is 14.1. The number of ether oxygens (including phenoxy) is 2. The molecule has 2 saturated heterocycles. The number of hydrogen-bond acceptors (Lipinski definition) is 11. The van der Waals surface area contributed by atoms with E-state index in [1.807, 2.05) is 0 Å². The Hall–Kier alpha value is -5.29. The third kappa shape index (κ3) is 5.44. The van der Waals surface area contributed by atoms with Crippen molar-refractivity contribution < 1.29 is 49.0 Å². The van der Waals surface area contributed by atoms with Crippen molar-refractivity contribution in [2.24, 2.45) is 0 Å². The first kappa shape index (κ1) is 36.4. The Labute approximate surface area is 314 Å². The molecule has 7 heterocycles. The summed E-state index contributed by atoms with van der Waals surface area (Å²) in [5.41, 5.74) is 0.897. The Kier molecular flexibility index (Phi) is 8.19. The molecular formula is C36H27F9N8O2S. The van der Waals surface area contributed by atoms with Crippen LogP contribution in [0.1, 0.15) is 48.4 Å². The van der Waals surface area contributed by atoms with Gasteiger partial charge in [0.1, 0.15) is 64.4 Å². The van der Waals surface area contributed by atoms with Gasteiger partial charge in [-0.2, -0.15) is 41.6 Å². The zero-order valence-corrected chi connectivity index (χ0v) is 29.6. The van der Waals surface area contributed by atoms with Gasteiger partial charge in [-0.1, -0.05) is 6.07 Å². The van der Waals surface area contributed by atoms with Crippen LogP contribution < -0.4 is 25.0 Å². The van der Waals surface area contributed by atoms with Crippen LogP contribution in [0.2, 0.25) is 0 Å². The summed E-state index contributed by atoms with van der Waals surface area (Å²) >= 11 is 0.601. The average molecular weight is 807 g/mol. The molecule has 4 aliphatic heterocycles. The topological polar surface area (TPSA) is 117 Å². The molecule has 2 fully saturated rings. The number of nitrogen functional groups attached to an aromatic ring is 1.